The third kappa shape index (κ3) is 3.94. The van der Waals surface area contributed by atoms with Gasteiger partial charge in [-0.15, -0.1) is 0 Å². The molecule has 1 amide bonds. The summed E-state index contributed by atoms with van der Waals surface area (Å²) in [6.07, 6.45) is 5.19. The lowest BCUT2D eigenvalue weighted by atomic mass is 9.98. The highest BCUT2D eigenvalue weighted by Gasteiger charge is 2.39. The number of hydrogen-bond donors (Lipinski definition) is 0. The van der Waals surface area contributed by atoms with Crippen LogP contribution in [0.25, 0.3) is 0 Å². The van der Waals surface area contributed by atoms with Gasteiger partial charge in [-0.1, -0.05) is 29.8 Å². The highest BCUT2D eigenvalue weighted by Crippen LogP contribution is 2.33. The van der Waals surface area contributed by atoms with Crippen LogP contribution >= 0.6 is 11.6 Å². The van der Waals surface area contributed by atoms with Gasteiger partial charge in [0.05, 0.1) is 6.20 Å². The molecule has 1 aliphatic heterocycles. The van der Waals surface area contributed by atoms with E-state index < -0.39 is 5.60 Å². The fourth-order valence-corrected chi connectivity index (χ4v) is 3.45. The van der Waals surface area contributed by atoms with Gasteiger partial charge in [-0.3, -0.25) is 4.79 Å². The van der Waals surface area contributed by atoms with Crippen molar-refractivity contribution in [1.82, 2.24) is 9.88 Å². The van der Waals surface area contributed by atoms with Crippen molar-refractivity contribution in [2.45, 2.75) is 51.2 Å². The van der Waals surface area contributed by atoms with Crippen LogP contribution in [-0.4, -0.2) is 35.0 Å². The Bertz CT molecular complexity index is 772. The molecule has 1 aliphatic rings. The molecule has 26 heavy (non-hydrogen) atoms. The molecule has 0 radical (unpaired) electrons. The Labute approximate surface area is 159 Å². The molecule has 1 fully saturated rings. The molecular weight excluding hydrogens is 352 g/mol. The van der Waals surface area contributed by atoms with E-state index >= 15 is 0 Å². The molecule has 1 atom stereocenters. The Hall–Kier alpha value is -1.85. The predicted molar refractivity (Wildman–Crippen MR) is 100 cm³/mol. The van der Waals surface area contributed by atoms with Gasteiger partial charge in [-0.25, -0.2) is 4.98 Å². The number of rotatable bonds is 5. The smallest absolute Gasteiger partial charge is 0.254 e. The van der Waals surface area contributed by atoms with Crippen molar-refractivity contribution in [2.24, 2.45) is 0 Å². The number of hydrogen-bond acceptors (Lipinski definition) is 4. The summed E-state index contributed by atoms with van der Waals surface area (Å²) in [5.74, 6) is 1.31. The molecule has 3 rings (SSSR count). The van der Waals surface area contributed by atoms with Crippen LogP contribution in [0.5, 0.6) is 0 Å². The fraction of sp³-hybridized carbons (Fsp3) is 0.500. The topological polar surface area (TPSA) is 55.6 Å². The van der Waals surface area contributed by atoms with E-state index in [-0.39, 0.29) is 11.9 Å². The normalized spacial score (nSPS) is 18.2. The molecule has 0 N–H and O–H groups in total. The number of oxazole rings is 1. The lowest BCUT2D eigenvalue weighted by Crippen LogP contribution is -2.49. The number of piperidine rings is 1. The number of halogens is 1. The van der Waals surface area contributed by atoms with E-state index in [0.29, 0.717) is 23.9 Å². The minimum absolute atomic E-state index is 0.0319. The molecule has 1 aromatic heterocycles. The van der Waals surface area contributed by atoms with Gasteiger partial charge in [-0.2, -0.15) is 0 Å². The van der Waals surface area contributed by atoms with Gasteiger partial charge in [0.15, 0.2) is 0 Å². The van der Waals surface area contributed by atoms with E-state index in [1.165, 1.54) is 0 Å². The molecule has 6 heteroatoms. The summed E-state index contributed by atoms with van der Waals surface area (Å²) in [6.45, 7) is 4.28. The van der Waals surface area contributed by atoms with Gasteiger partial charge in [0.25, 0.3) is 5.91 Å². The van der Waals surface area contributed by atoms with Crippen molar-refractivity contribution in [3.63, 3.8) is 0 Å². The standard InChI is InChI=1S/C20H25ClN2O3/c1-20(2,25-3)19(24)23-11-7-6-10-17(23)18-22-13-15(26-18)12-14-8-4-5-9-16(14)21/h4-5,8-9,13,17H,6-7,10-12H2,1-3H3/t17-/m0/s1. The second-order valence-corrected chi connectivity index (χ2v) is 7.56. The molecule has 0 bridgehead atoms. The number of amides is 1. The van der Waals surface area contributed by atoms with E-state index in [0.717, 1.165) is 30.6 Å². The highest BCUT2D eigenvalue weighted by atomic mass is 35.5. The average Bonchev–Trinajstić information content (AvgIpc) is 3.11. The van der Waals surface area contributed by atoms with Crippen LogP contribution in [0, 0.1) is 0 Å². The van der Waals surface area contributed by atoms with Crippen molar-refractivity contribution in [3.05, 3.63) is 52.7 Å². The lowest BCUT2D eigenvalue weighted by molar-refractivity contribution is -0.155. The third-order valence-corrected chi connectivity index (χ3v) is 5.34. The minimum Gasteiger partial charge on any atom is -0.443 e. The summed E-state index contributed by atoms with van der Waals surface area (Å²) in [5.41, 5.74) is 0.136. The maximum Gasteiger partial charge on any atom is 0.254 e. The zero-order valence-electron chi connectivity index (χ0n) is 15.5. The maximum atomic E-state index is 12.9. The molecule has 0 unspecified atom stereocenters. The molecule has 1 aromatic carbocycles. The zero-order valence-corrected chi connectivity index (χ0v) is 16.3. The van der Waals surface area contributed by atoms with E-state index in [1.54, 1.807) is 27.2 Å². The quantitative estimate of drug-likeness (QED) is 0.776. The van der Waals surface area contributed by atoms with Crippen LogP contribution in [0.4, 0.5) is 0 Å². The number of methoxy groups -OCH3 is 1. The SMILES string of the molecule is COC(C)(C)C(=O)N1CCCC[C@H]1c1ncc(Cc2ccccc2Cl)o1. The molecular formula is C20H25ClN2O3. The Morgan fingerprint density at radius 3 is 2.88 bits per heavy atom. The van der Waals surface area contributed by atoms with Crippen molar-refractivity contribution in [2.75, 3.05) is 13.7 Å². The van der Waals surface area contributed by atoms with Crippen molar-refractivity contribution >= 4 is 17.5 Å². The second kappa shape index (κ2) is 7.80. The second-order valence-electron chi connectivity index (χ2n) is 7.16. The highest BCUT2D eigenvalue weighted by molar-refractivity contribution is 6.31. The summed E-state index contributed by atoms with van der Waals surface area (Å²) in [4.78, 5) is 19.2. The lowest BCUT2D eigenvalue weighted by Gasteiger charge is -2.38. The van der Waals surface area contributed by atoms with Gasteiger partial charge >= 0.3 is 0 Å². The first-order valence-corrected chi connectivity index (χ1v) is 9.34. The Kier molecular flexibility index (Phi) is 5.68. The van der Waals surface area contributed by atoms with Crippen molar-refractivity contribution < 1.29 is 13.9 Å². The van der Waals surface area contributed by atoms with Crippen LogP contribution in [0.3, 0.4) is 0 Å². The van der Waals surface area contributed by atoms with Crippen LogP contribution in [0.2, 0.25) is 5.02 Å². The van der Waals surface area contributed by atoms with E-state index in [2.05, 4.69) is 4.98 Å². The van der Waals surface area contributed by atoms with Crippen molar-refractivity contribution in [1.29, 1.82) is 0 Å². The summed E-state index contributed by atoms with van der Waals surface area (Å²) in [7, 11) is 1.56. The molecule has 2 aromatic rings. The number of likely N-dealkylation sites (tertiary alicyclic amines) is 1. The number of carbonyl (C=O) groups excluding carboxylic acids is 1. The average molecular weight is 377 g/mol. The van der Waals surface area contributed by atoms with E-state index in [9.17, 15) is 4.79 Å². The number of nitrogens with zero attached hydrogens (tertiary/aromatic N) is 2. The predicted octanol–water partition coefficient (Wildman–Crippen LogP) is 4.40. The zero-order chi connectivity index (χ0) is 18.7. The van der Waals surface area contributed by atoms with Crippen LogP contribution < -0.4 is 0 Å². The first-order valence-electron chi connectivity index (χ1n) is 8.96. The molecule has 0 aliphatic carbocycles. The first kappa shape index (κ1) is 18.9. The van der Waals surface area contributed by atoms with Crippen LogP contribution in [0.1, 0.15) is 56.4 Å². The molecule has 1 saturated heterocycles. The Morgan fingerprint density at radius 1 is 1.38 bits per heavy atom. The first-order chi connectivity index (χ1) is 12.4. The minimum atomic E-state index is -0.859. The van der Waals surface area contributed by atoms with Crippen LogP contribution in [-0.2, 0) is 16.0 Å². The van der Waals surface area contributed by atoms with Gasteiger partial charge in [0.2, 0.25) is 5.89 Å². The fourth-order valence-electron chi connectivity index (χ4n) is 3.25. The maximum absolute atomic E-state index is 12.9. The van der Waals surface area contributed by atoms with Gasteiger partial charge in [0.1, 0.15) is 17.4 Å². The molecule has 140 valence electrons. The van der Waals surface area contributed by atoms with E-state index in [1.807, 2.05) is 29.2 Å². The summed E-state index contributed by atoms with van der Waals surface area (Å²) in [5, 5.41) is 0.710. The Morgan fingerprint density at radius 2 is 2.15 bits per heavy atom. The number of ether oxygens (including phenoxy) is 1. The van der Waals surface area contributed by atoms with E-state index in [4.69, 9.17) is 20.8 Å². The van der Waals surface area contributed by atoms with Gasteiger partial charge in [0, 0.05) is 25.1 Å². The molecule has 5 nitrogen and oxygen atoms in total. The van der Waals surface area contributed by atoms with Gasteiger partial charge in [-0.05, 0) is 44.7 Å². The molecule has 0 spiro atoms. The molecule has 2 heterocycles. The van der Waals surface area contributed by atoms with Gasteiger partial charge < -0.3 is 14.1 Å². The summed E-state index contributed by atoms with van der Waals surface area (Å²) < 4.78 is 11.4. The number of aromatic nitrogens is 1. The monoisotopic (exact) mass is 376 g/mol. The Balaban J connectivity index is 1.80. The van der Waals surface area contributed by atoms with Crippen molar-refractivity contribution in [3.8, 4) is 0 Å². The number of benzene rings is 1. The molecule has 0 saturated carbocycles. The van der Waals surface area contributed by atoms with Crippen LogP contribution in [0.15, 0.2) is 34.9 Å². The summed E-state index contributed by atoms with van der Waals surface area (Å²) in [6, 6.07) is 7.55. The third-order valence-electron chi connectivity index (χ3n) is 4.97. The number of carbonyl (C=O) groups is 1. The summed E-state index contributed by atoms with van der Waals surface area (Å²) >= 11 is 6.23. The largest absolute Gasteiger partial charge is 0.443 e.